The number of anilines is 1. The second-order valence-electron chi connectivity index (χ2n) is 6.13. The number of amides is 1. The summed E-state index contributed by atoms with van der Waals surface area (Å²) >= 11 is 0. The lowest BCUT2D eigenvalue weighted by Crippen LogP contribution is -2.36. The minimum atomic E-state index is -3.59. The number of methoxy groups -OCH3 is 2. The van der Waals surface area contributed by atoms with Crippen molar-refractivity contribution in [1.29, 1.82) is 0 Å². The smallest absolute Gasteiger partial charge is 0.239 e. The van der Waals surface area contributed by atoms with Gasteiger partial charge in [-0.2, -0.15) is 4.31 Å². The van der Waals surface area contributed by atoms with E-state index in [4.69, 9.17) is 9.47 Å². The highest BCUT2D eigenvalue weighted by Crippen LogP contribution is 2.28. The molecule has 0 aliphatic heterocycles. The molecule has 0 saturated carbocycles. The fraction of sp³-hybridized carbons (Fsp3) is 0.316. The first-order valence-electron chi connectivity index (χ1n) is 8.25. The zero-order valence-electron chi connectivity index (χ0n) is 15.9. The van der Waals surface area contributed by atoms with Crippen LogP contribution in [-0.4, -0.2) is 45.7 Å². The molecule has 2 aromatic rings. The lowest BCUT2D eigenvalue weighted by atomic mass is 10.2. The molecule has 0 fully saturated rings. The van der Waals surface area contributed by atoms with Crippen molar-refractivity contribution in [3.63, 3.8) is 0 Å². The molecule has 146 valence electrons. The van der Waals surface area contributed by atoms with E-state index in [0.29, 0.717) is 22.7 Å². The number of carbonyl (C=O) groups is 1. The molecule has 0 spiro atoms. The van der Waals surface area contributed by atoms with E-state index < -0.39 is 15.9 Å². The van der Waals surface area contributed by atoms with E-state index in [9.17, 15) is 13.2 Å². The number of nitrogens with one attached hydrogen (secondary N) is 1. The van der Waals surface area contributed by atoms with Crippen molar-refractivity contribution in [2.75, 3.05) is 32.3 Å². The van der Waals surface area contributed by atoms with Crippen LogP contribution >= 0.6 is 0 Å². The zero-order chi connectivity index (χ0) is 20.0. The van der Waals surface area contributed by atoms with Gasteiger partial charge in [-0.15, -0.1) is 0 Å². The summed E-state index contributed by atoms with van der Waals surface area (Å²) in [5.74, 6) is 0.626. The van der Waals surface area contributed by atoms with Crippen molar-refractivity contribution in [1.82, 2.24) is 4.31 Å². The SMILES string of the molecule is COc1ccc(CN(CC(=O)Nc2ccc(C)cc2)S(C)(=O)=O)cc1OC. The molecule has 8 heteroatoms. The molecule has 0 atom stereocenters. The van der Waals surface area contributed by atoms with Crippen molar-refractivity contribution >= 4 is 21.6 Å². The summed E-state index contributed by atoms with van der Waals surface area (Å²) in [6.45, 7) is 1.70. The number of sulfonamides is 1. The van der Waals surface area contributed by atoms with Crippen LogP contribution in [0.2, 0.25) is 0 Å². The van der Waals surface area contributed by atoms with Gasteiger partial charge in [0.05, 0.1) is 27.0 Å². The third kappa shape index (κ3) is 5.97. The summed E-state index contributed by atoms with van der Waals surface area (Å²) in [7, 11) is -0.563. The molecule has 2 rings (SSSR count). The van der Waals surface area contributed by atoms with E-state index in [-0.39, 0.29) is 13.1 Å². The molecule has 0 aliphatic rings. The van der Waals surface area contributed by atoms with Crippen LogP contribution in [0.15, 0.2) is 42.5 Å². The summed E-state index contributed by atoms with van der Waals surface area (Å²) in [5, 5.41) is 2.71. The van der Waals surface area contributed by atoms with Crippen molar-refractivity contribution in [3.05, 3.63) is 53.6 Å². The highest BCUT2D eigenvalue weighted by atomic mass is 32.2. The van der Waals surface area contributed by atoms with E-state index >= 15 is 0 Å². The van der Waals surface area contributed by atoms with Gasteiger partial charge in [-0.25, -0.2) is 8.42 Å². The van der Waals surface area contributed by atoms with E-state index in [1.807, 2.05) is 19.1 Å². The maximum atomic E-state index is 12.3. The molecule has 0 unspecified atom stereocenters. The van der Waals surface area contributed by atoms with Gasteiger partial charge in [-0.3, -0.25) is 4.79 Å². The first-order chi connectivity index (χ1) is 12.7. The number of hydrogen-bond acceptors (Lipinski definition) is 5. The molecule has 7 nitrogen and oxygen atoms in total. The van der Waals surface area contributed by atoms with Crippen LogP contribution in [0, 0.1) is 6.92 Å². The van der Waals surface area contributed by atoms with Gasteiger partial charge in [0.15, 0.2) is 11.5 Å². The van der Waals surface area contributed by atoms with Crippen LogP contribution in [0.4, 0.5) is 5.69 Å². The van der Waals surface area contributed by atoms with Gasteiger partial charge in [0, 0.05) is 12.2 Å². The lowest BCUT2D eigenvalue weighted by Gasteiger charge is -2.20. The molecular formula is C19H24N2O5S. The van der Waals surface area contributed by atoms with Crippen molar-refractivity contribution in [3.8, 4) is 11.5 Å². The minimum Gasteiger partial charge on any atom is -0.493 e. The Bertz CT molecular complexity index is 895. The van der Waals surface area contributed by atoms with Gasteiger partial charge in [0.25, 0.3) is 0 Å². The van der Waals surface area contributed by atoms with Gasteiger partial charge < -0.3 is 14.8 Å². The number of ether oxygens (including phenoxy) is 2. The fourth-order valence-corrected chi connectivity index (χ4v) is 3.21. The number of nitrogens with zero attached hydrogens (tertiary/aromatic N) is 1. The van der Waals surface area contributed by atoms with E-state index in [1.165, 1.54) is 14.2 Å². The molecule has 0 aliphatic carbocycles. The Kier molecular flexibility index (Phi) is 6.81. The highest BCUT2D eigenvalue weighted by molar-refractivity contribution is 7.88. The summed E-state index contributed by atoms with van der Waals surface area (Å²) < 4.78 is 35.8. The van der Waals surface area contributed by atoms with Gasteiger partial charge >= 0.3 is 0 Å². The Hall–Kier alpha value is -2.58. The van der Waals surface area contributed by atoms with Gasteiger partial charge in [-0.1, -0.05) is 23.8 Å². The Balaban J connectivity index is 2.14. The quantitative estimate of drug-likeness (QED) is 0.746. The monoisotopic (exact) mass is 392 g/mol. The lowest BCUT2D eigenvalue weighted by molar-refractivity contribution is -0.116. The molecule has 0 saturated heterocycles. The predicted molar refractivity (Wildman–Crippen MR) is 105 cm³/mol. The van der Waals surface area contributed by atoms with Crippen LogP contribution in [0.1, 0.15) is 11.1 Å². The van der Waals surface area contributed by atoms with Crippen LogP contribution in [0.3, 0.4) is 0 Å². The third-order valence-electron chi connectivity index (χ3n) is 3.93. The molecule has 1 amide bonds. The van der Waals surface area contributed by atoms with Crippen LogP contribution in [-0.2, 0) is 21.4 Å². The third-order valence-corrected chi connectivity index (χ3v) is 5.13. The number of hydrogen-bond donors (Lipinski definition) is 1. The van der Waals surface area contributed by atoms with Gasteiger partial charge in [0.1, 0.15) is 0 Å². The zero-order valence-corrected chi connectivity index (χ0v) is 16.7. The summed E-state index contributed by atoms with van der Waals surface area (Å²) in [6.07, 6.45) is 1.08. The van der Waals surface area contributed by atoms with Crippen molar-refractivity contribution in [2.45, 2.75) is 13.5 Å². The Morgan fingerprint density at radius 2 is 1.67 bits per heavy atom. The second-order valence-corrected chi connectivity index (χ2v) is 8.12. The molecule has 27 heavy (non-hydrogen) atoms. The van der Waals surface area contributed by atoms with Crippen molar-refractivity contribution in [2.24, 2.45) is 0 Å². The predicted octanol–water partition coefficient (Wildman–Crippen LogP) is 2.41. The van der Waals surface area contributed by atoms with Gasteiger partial charge in [0.2, 0.25) is 15.9 Å². The normalized spacial score (nSPS) is 11.3. The average Bonchev–Trinajstić information content (AvgIpc) is 2.62. The van der Waals surface area contributed by atoms with Crippen molar-refractivity contribution < 1.29 is 22.7 Å². The van der Waals surface area contributed by atoms with Crippen LogP contribution in [0.5, 0.6) is 11.5 Å². The largest absolute Gasteiger partial charge is 0.493 e. The molecule has 0 heterocycles. The van der Waals surface area contributed by atoms with E-state index in [2.05, 4.69) is 5.32 Å². The molecule has 0 bridgehead atoms. The maximum Gasteiger partial charge on any atom is 0.239 e. The topological polar surface area (TPSA) is 84.9 Å². The van der Waals surface area contributed by atoms with E-state index in [0.717, 1.165) is 16.1 Å². The standard InChI is InChI=1S/C19H24N2O5S/c1-14-5-8-16(9-6-14)20-19(22)13-21(27(4,23)24)12-15-7-10-17(25-2)18(11-15)26-3/h5-11H,12-13H2,1-4H3,(H,20,22). The number of rotatable bonds is 8. The summed E-state index contributed by atoms with van der Waals surface area (Å²) in [6, 6.07) is 12.4. The fourth-order valence-electron chi connectivity index (χ4n) is 2.47. The molecule has 0 radical (unpaired) electrons. The minimum absolute atomic E-state index is 0.0422. The molecule has 0 aromatic heterocycles. The number of aryl methyl sites for hydroxylation is 1. The Labute approximate surface area is 160 Å². The van der Waals surface area contributed by atoms with E-state index in [1.54, 1.807) is 30.3 Å². The molecule has 2 aromatic carbocycles. The molecular weight excluding hydrogens is 368 g/mol. The summed E-state index contributed by atoms with van der Waals surface area (Å²) in [4.78, 5) is 12.3. The Morgan fingerprint density at radius 1 is 1.04 bits per heavy atom. The number of benzene rings is 2. The Morgan fingerprint density at radius 3 is 2.22 bits per heavy atom. The molecule has 1 N–H and O–H groups in total. The highest BCUT2D eigenvalue weighted by Gasteiger charge is 2.21. The second kappa shape index (κ2) is 8.88. The first kappa shape index (κ1) is 20.7. The maximum absolute atomic E-state index is 12.3. The number of carbonyl (C=O) groups excluding carboxylic acids is 1. The summed E-state index contributed by atoms with van der Waals surface area (Å²) in [5.41, 5.74) is 2.37. The van der Waals surface area contributed by atoms with Gasteiger partial charge in [-0.05, 0) is 36.8 Å². The first-order valence-corrected chi connectivity index (χ1v) is 10.1. The van der Waals surface area contributed by atoms with Crippen LogP contribution in [0.25, 0.3) is 0 Å². The van der Waals surface area contributed by atoms with Crippen LogP contribution < -0.4 is 14.8 Å². The average molecular weight is 392 g/mol.